The van der Waals surface area contributed by atoms with E-state index in [1.807, 2.05) is 0 Å². The Morgan fingerprint density at radius 3 is 1.50 bits per heavy atom. The number of esters is 4. The fraction of sp³-hybridized carbons (Fsp3) is 0.920. The Bertz CT molecular complexity index is 1290. The molecule has 3 saturated heterocycles. The number of carbonyl (C=O) groups excluding carboxylic acids is 4. The summed E-state index contributed by atoms with van der Waals surface area (Å²) in [5.74, 6) is 6.22. The van der Waals surface area contributed by atoms with Gasteiger partial charge in [-0.1, -0.05) is 105 Å². The highest BCUT2D eigenvalue weighted by atomic mass is 16.6. The SMILES string of the molecule is C.C.C.C.C.C.CC1C(=O)OC(=O)C1C.CC1C2CC(C(=O)OC3(C4CCCCC4)CCCC3)C(C2)C1C.CC1C2CC(C(=O)OCC3CC4CCC3O4)C(C2)C1C. The second-order valence-electron chi connectivity index (χ2n) is 19.3. The van der Waals surface area contributed by atoms with Crippen LogP contribution in [0, 0.1) is 82.9 Å². The zero-order valence-electron chi connectivity index (χ0n) is 33.0. The fourth-order valence-corrected chi connectivity index (χ4v) is 12.8. The number of carbonyl (C=O) groups is 4. The summed E-state index contributed by atoms with van der Waals surface area (Å²) in [6.45, 7) is 13.4. The Kier molecular flexibility index (Phi) is 20.7. The van der Waals surface area contributed by atoms with Crippen molar-refractivity contribution < 1.29 is 38.1 Å². The van der Waals surface area contributed by atoms with Crippen LogP contribution in [-0.4, -0.2) is 48.3 Å². The van der Waals surface area contributed by atoms with Crippen molar-refractivity contribution >= 4 is 23.9 Å². The molecule has 15 atom stereocenters. The van der Waals surface area contributed by atoms with Gasteiger partial charge in [0.25, 0.3) is 0 Å². The molecule has 9 fully saturated rings. The van der Waals surface area contributed by atoms with Crippen LogP contribution in [-0.2, 0) is 38.1 Å². The van der Waals surface area contributed by atoms with E-state index in [0.717, 1.165) is 62.2 Å². The van der Waals surface area contributed by atoms with E-state index in [1.165, 1.54) is 64.2 Å². The fourth-order valence-electron chi connectivity index (χ4n) is 12.8. The Hall–Kier alpha value is -1.96. The monoisotopic (exact) mass is 821 g/mol. The van der Waals surface area contributed by atoms with E-state index >= 15 is 0 Å². The van der Waals surface area contributed by atoms with Crippen LogP contribution in [0.2, 0.25) is 0 Å². The third-order valence-electron chi connectivity index (χ3n) is 16.9. The smallest absolute Gasteiger partial charge is 0.317 e. The van der Waals surface area contributed by atoms with Crippen LogP contribution in [0.25, 0.3) is 0 Å². The van der Waals surface area contributed by atoms with Gasteiger partial charge in [-0.2, -0.15) is 0 Å². The largest absolute Gasteiger partial charge is 0.465 e. The maximum atomic E-state index is 13.1. The molecule has 0 aromatic heterocycles. The van der Waals surface area contributed by atoms with E-state index in [0.29, 0.717) is 54.3 Å². The minimum atomic E-state index is -0.396. The van der Waals surface area contributed by atoms with E-state index in [4.69, 9.17) is 14.2 Å². The summed E-state index contributed by atoms with van der Waals surface area (Å²) in [6.07, 6.45) is 20.4. The van der Waals surface area contributed by atoms with Gasteiger partial charge in [-0.25, -0.2) is 0 Å². The van der Waals surface area contributed by atoms with Gasteiger partial charge in [-0.3, -0.25) is 19.2 Å². The summed E-state index contributed by atoms with van der Waals surface area (Å²) in [4.78, 5) is 46.6. The molecule has 0 aromatic rings. The zero-order valence-corrected chi connectivity index (χ0v) is 33.0. The van der Waals surface area contributed by atoms with E-state index < -0.39 is 11.9 Å². The van der Waals surface area contributed by atoms with Crippen molar-refractivity contribution in [3.05, 3.63) is 0 Å². The van der Waals surface area contributed by atoms with Gasteiger partial charge in [0.1, 0.15) is 5.60 Å². The lowest BCUT2D eigenvalue weighted by Gasteiger charge is -2.41. The van der Waals surface area contributed by atoms with Crippen molar-refractivity contribution in [2.24, 2.45) is 82.9 Å². The summed E-state index contributed by atoms with van der Waals surface area (Å²) in [5, 5.41) is 0. The molecule has 6 saturated carbocycles. The number of rotatable bonds is 6. The molecule has 6 bridgehead atoms. The van der Waals surface area contributed by atoms with Crippen LogP contribution in [0.5, 0.6) is 0 Å². The molecular formula is C50H92O8. The lowest BCUT2D eigenvalue weighted by molar-refractivity contribution is -0.175. The molecule has 6 aliphatic carbocycles. The highest BCUT2D eigenvalue weighted by Gasteiger charge is 2.55. The molecule has 0 N–H and O–H groups in total. The summed E-state index contributed by atoms with van der Waals surface area (Å²) >= 11 is 0. The third-order valence-corrected chi connectivity index (χ3v) is 16.9. The molecule has 0 spiro atoms. The van der Waals surface area contributed by atoms with Gasteiger partial charge in [-0.05, 0) is 137 Å². The Labute approximate surface area is 357 Å². The Balaban J connectivity index is 0.000000444. The first-order chi connectivity index (χ1) is 24.9. The van der Waals surface area contributed by atoms with Crippen molar-refractivity contribution in [2.75, 3.05) is 6.61 Å². The van der Waals surface area contributed by atoms with E-state index in [1.54, 1.807) is 13.8 Å². The Morgan fingerprint density at radius 2 is 1.10 bits per heavy atom. The van der Waals surface area contributed by atoms with Crippen molar-refractivity contribution in [1.29, 1.82) is 0 Å². The number of cyclic esters (lactones) is 2. The molecule has 3 aliphatic heterocycles. The van der Waals surface area contributed by atoms with Gasteiger partial charge in [0.05, 0.1) is 42.5 Å². The summed E-state index contributed by atoms with van der Waals surface area (Å²) < 4.78 is 22.2. The third kappa shape index (κ3) is 10.6. The van der Waals surface area contributed by atoms with Crippen molar-refractivity contribution in [2.45, 2.75) is 207 Å². The van der Waals surface area contributed by atoms with E-state index in [9.17, 15) is 19.2 Å². The first kappa shape index (κ1) is 54.1. The molecule has 8 nitrogen and oxygen atoms in total. The summed E-state index contributed by atoms with van der Waals surface area (Å²) in [7, 11) is 0. The lowest BCUT2D eigenvalue weighted by atomic mass is 9.74. The average molecular weight is 821 g/mol. The van der Waals surface area contributed by atoms with Crippen LogP contribution in [0.1, 0.15) is 189 Å². The predicted octanol–water partition coefficient (Wildman–Crippen LogP) is 12.5. The first-order valence-electron chi connectivity index (χ1n) is 21.7. The van der Waals surface area contributed by atoms with Gasteiger partial charge < -0.3 is 18.9 Å². The van der Waals surface area contributed by atoms with Crippen molar-refractivity contribution in [3.8, 4) is 0 Å². The summed E-state index contributed by atoms with van der Waals surface area (Å²) in [5.41, 5.74) is -0.0752. The molecule has 3 heterocycles. The van der Waals surface area contributed by atoms with Crippen molar-refractivity contribution in [1.82, 2.24) is 0 Å². The van der Waals surface area contributed by atoms with Crippen LogP contribution in [0.3, 0.4) is 0 Å². The quantitative estimate of drug-likeness (QED) is 0.148. The van der Waals surface area contributed by atoms with Crippen LogP contribution < -0.4 is 0 Å². The minimum Gasteiger partial charge on any atom is -0.465 e. The molecule has 9 rings (SSSR count). The van der Waals surface area contributed by atoms with Gasteiger partial charge >= 0.3 is 23.9 Å². The second-order valence-corrected chi connectivity index (χ2v) is 19.3. The molecule has 340 valence electrons. The highest BCUT2D eigenvalue weighted by molar-refractivity contribution is 5.95. The maximum Gasteiger partial charge on any atom is 0.317 e. The molecular weight excluding hydrogens is 729 g/mol. The maximum absolute atomic E-state index is 13.1. The van der Waals surface area contributed by atoms with Gasteiger partial charge in [0.2, 0.25) is 0 Å². The Morgan fingerprint density at radius 1 is 0.603 bits per heavy atom. The predicted molar refractivity (Wildman–Crippen MR) is 237 cm³/mol. The second kappa shape index (κ2) is 22.2. The van der Waals surface area contributed by atoms with Crippen molar-refractivity contribution in [3.63, 3.8) is 0 Å². The first-order valence-corrected chi connectivity index (χ1v) is 21.7. The van der Waals surface area contributed by atoms with Crippen LogP contribution in [0.4, 0.5) is 0 Å². The molecule has 58 heavy (non-hydrogen) atoms. The molecule has 0 aromatic carbocycles. The average Bonchev–Trinajstić information content (AvgIpc) is 4.02. The number of fused-ring (bicyclic) bond motifs is 6. The molecule has 9 aliphatic rings. The summed E-state index contributed by atoms with van der Waals surface area (Å²) in [6, 6.07) is 0. The van der Waals surface area contributed by atoms with E-state index in [-0.39, 0.29) is 85.8 Å². The van der Waals surface area contributed by atoms with Crippen LogP contribution >= 0.6 is 0 Å². The number of hydrogen-bond donors (Lipinski definition) is 0. The molecule has 8 heteroatoms. The zero-order chi connectivity index (χ0) is 36.9. The molecule has 15 unspecified atom stereocenters. The number of ether oxygens (including phenoxy) is 4. The highest BCUT2D eigenvalue weighted by Crippen LogP contribution is 2.57. The van der Waals surface area contributed by atoms with Gasteiger partial charge in [-0.15, -0.1) is 0 Å². The minimum absolute atomic E-state index is 0. The van der Waals surface area contributed by atoms with Gasteiger partial charge in [0.15, 0.2) is 0 Å². The normalized spacial score (nSPS) is 40.6. The van der Waals surface area contributed by atoms with E-state index in [2.05, 4.69) is 32.4 Å². The standard InChI is InChI=1S/C21H34O2.C17H26O3.C6H8O3.6CH4/c1-14-15(2)18-12-16(14)13-19(18)20(22)23-21(10-6-7-11-21)17-8-4-3-5-9-17;1-9-10(2)14-6-11(9)7-15(14)17(18)19-8-12-5-13-3-4-16(12)20-13;1-3-4(2)6(8)9-5(3)7;;;;;;/h14-19H,3-13H2,1-2H3;9-16H,3-8H2,1-2H3;3-4H,1-2H3;6*1H4. The number of hydrogen-bond acceptors (Lipinski definition) is 8. The topological polar surface area (TPSA) is 105 Å². The lowest BCUT2D eigenvalue weighted by Crippen LogP contribution is -2.44. The van der Waals surface area contributed by atoms with Crippen LogP contribution in [0.15, 0.2) is 0 Å². The molecule has 0 radical (unpaired) electrons. The molecule has 0 amide bonds. The van der Waals surface area contributed by atoms with Gasteiger partial charge in [0, 0.05) is 5.92 Å².